The number of rotatable bonds is 2. The predicted molar refractivity (Wildman–Crippen MR) is 74.1 cm³/mol. The second-order valence-electron chi connectivity index (χ2n) is 5.50. The van der Waals surface area contributed by atoms with Crippen LogP contribution in [0.2, 0.25) is 0 Å². The Bertz CT molecular complexity index is 603. The van der Waals surface area contributed by atoms with Gasteiger partial charge in [-0.25, -0.2) is 13.7 Å². The summed E-state index contributed by atoms with van der Waals surface area (Å²) < 4.78 is 27.4. The van der Waals surface area contributed by atoms with Crippen molar-refractivity contribution in [3.8, 4) is 0 Å². The fourth-order valence-corrected chi connectivity index (χ4v) is 2.53. The van der Waals surface area contributed by atoms with Gasteiger partial charge in [0, 0.05) is 12.5 Å². The van der Waals surface area contributed by atoms with Crippen molar-refractivity contribution in [3.63, 3.8) is 0 Å². The van der Waals surface area contributed by atoms with Crippen LogP contribution in [0.15, 0.2) is 16.6 Å². The molecule has 0 aliphatic carbocycles. The summed E-state index contributed by atoms with van der Waals surface area (Å²) in [5.41, 5.74) is -1.21. The van der Waals surface area contributed by atoms with Crippen LogP contribution in [0, 0.1) is 23.0 Å². The van der Waals surface area contributed by atoms with Crippen LogP contribution in [0.25, 0.3) is 0 Å². The monoisotopic (exact) mass is 345 g/mol. The number of anilines is 1. The average molecular weight is 346 g/mol. The summed E-state index contributed by atoms with van der Waals surface area (Å²) >= 11 is 2.86. The van der Waals surface area contributed by atoms with Crippen molar-refractivity contribution in [2.75, 3.05) is 4.90 Å². The van der Waals surface area contributed by atoms with Gasteiger partial charge in [-0.1, -0.05) is 13.8 Å². The quantitative estimate of drug-likeness (QED) is 0.606. The normalized spacial score (nSPS) is 23.1. The van der Waals surface area contributed by atoms with Crippen LogP contribution < -0.4 is 4.90 Å². The molecule has 1 aliphatic rings. The summed E-state index contributed by atoms with van der Waals surface area (Å²) in [6, 6.07) is 1.78. The standard InChI is InChI=1S/C14H14BrF2NO2/c1-7(2)14(3)6-12(19)18(13(14)20)11-5-9(16)8(15)4-10(11)17/h4-5,7H,6H2,1-3H3. The molecular weight excluding hydrogens is 332 g/mol. The molecule has 1 heterocycles. The summed E-state index contributed by atoms with van der Waals surface area (Å²) in [7, 11) is 0. The number of amides is 2. The van der Waals surface area contributed by atoms with E-state index < -0.39 is 28.9 Å². The van der Waals surface area contributed by atoms with Gasteiger partial charge in [-0.05, 0) is 34.8 Å². The minimum Gasteiger partial charge on any atom is -0.274 e. The van der Waals surface area contributed by atoms with E-state index >= 15 is 0 Å². The van der Waals surface area contributed by atoms with E-state index in [2.05, 4.69) is 15.9 Å². The molecule has 3 nitrogen and oxygen atoms in total. The molecule has 1 aliphatic heterocycles. The number of halogens is 3. The van der Waals surface area contributed by atoms with Crippen LogP contribution in [-0.4, -0.2) is 11.8 Å². The Kier molecular flexibility index (Phi) is 3.71. The third kappa shape index (κ3) is 2.16. The van der Waals surface area contributed by atoms with Gasteiger partial charge in [0.1, 0.15) is 11.6 Å². The Balaban J connectivity index is 2.52. The van der Waals surface area contributed by atoms with Crippen molar-refractivity contribution in [1.82, 2.24) is 0 Å². The van der Waals surface area contributed by atoms with Gasteiger partial charge in [0.25, 0.3) is 0 Å². The molecular formula is C14H14BrF2NO2. The SMILES string of the molecule is CC(C)C1(C)CC(=O)N(c2cc(F)c(Br)cc2F)C1=O. The molecule has 1 saturated heterocycles. The molecule has 1 atom stereocenters. The third-order valence-electron chi connectivity index (χ3n) is 3.96. The predicted octanol–water partition coefficient (Wildman–Crippen LogP) is 3.65. The van der Waals surface area contributed by atoms with E-state index in [-0.39, 0.29) is 22.5 Å². The first-order valence-corrected chi connectivity index (χ1v) is 6.99. The third-order valence-corrected chi connectivity index (χ3v) is 4.57. The van der Waals surface area contributed by atoms with Crippen LogP contribution in [0.1, 0.15) is 27.2 Å². The highest BCUT2D eigenvalue weighted by atomic mass is 79.9. The Morgan fingerprint density at radius 3 is 2.35 bits per heavy atom. The minimum absolute atomic E-state index is 0.000618. The van der Waals surface area contributed by atoms with Crippen LogP contribution >= 0.6 is 15.9 Å². The average Bonchev–Trinajstić information content (AvgIpc) is 2.57. The molecule has 0 spiro atoms. The molecule has 1 aromatic rings. The second-order valence-corrected chi connectivity index (χ2v) is 6.36. The first-order valence-electron chi connectivity index (χ1n) is 6.20. The summed E-state index contributed by atoms with van der Waals surface area (Å²) in [4.78, 5) is 25.2. The largest absolute Gasteiger partial charge is 0.274 e. The molecule has 0 saturated carbocycles. The summed E-state index contributed by atoms with van der Waals surface area (Å²) in [6.07, 6.45) is 0.000618. The lowest BCUT2D eigenvalue weighted by atomic mass is 9.78. The molecule has 0 aromatic heterocycles. The first kappa shape index (κ1) is 15.1. The lowest BCUT2D eigenvalue weighted by Crippen LogP contribution is -2.37. The minimum atomic E-state index is -0.882. The molecule has 0 N–H and O–H groups in total. The van der Waals surface area contributed by atoms with Gasteiger partial charge in [0.05, 0.1) is 15.6 Å². The van der Waals surface area contributed by atoms with Gasteiger partial charge in [-0.3, -0.25) is 9.59 Å². The Morgan fingerprint density at radius 2 is 1.85 bits per heavy atom. The number of carbonyl (C=O) groups is 2. The highest BCUT2D eigenvalue weighted by Gasteiger charge is 2.51. The molecule has 6 heteroatoms. The van der Waals surface area contributed by atoms with E-state index in [1.807, 2.05) is 13.8 Å². The van der Waals surface area contributed by atoms with E-state index in [0.717, 1.165) is 17.0 Å². The maximum absolute atomic E-state index is 13.9. The van der Waals surface area contributed by atoms with Gasteiger partial charge < -0.3 is 0 Å². The van der Waals surface area contributed by atoms with Crippen molar-refractivity contribution < 1.29 is 18.4 Å². The highest BCUT2D eigenvalue weighted by molar-refractivity contribution is 9.10. The highest BCUT2D eigenvalue weighted by Crippen LogP contribution is 2.42. The van der Waals surface area contributed by atoms with Crippen LogP contribution in [0.4, 0.5) is 14.5 Å². The number of nitrogens with zero attached hydrogens (tertiary/aromatic N) is 1. The summed E-state index contributed by atoms with van der Waals surface area (Å²) in [5, 5.41) is 0. The summed E-state index contributed by atoms with van der Waals surface area (Å²) in [6.45, 7) is 5.32. The van der Waals surface area contributed by atoms with Gasteiger partial charge in [0.15, 0.2) is 0 Å². The maximum atomic E-state index is 13.9. The van der Waals surface area contributed by atoms with E-state index in [1.54, 1.807) is 6.92 Å². The number of imide groups is 1. The van der Waals surface area contributed by atoms with E-state index in [1.165, 1.54) is 0 Å². The number of benzene rings is 1. The fourth-order valence-electron chi connectivity index (χ4n) is 2.22. The van der Waals surface area contributed by atoms with Gasteiger partial charge in [-0.2, -0.15) is 0 Å². The zero-order chi connectivity index (χ0) is 15.2. The molecule has 0 radical (unpaired) electrons. The molecule has 2 amide bonds. The van der Waals surface area contributed by atoms with Crippen molar-refractivity contribution in [1.29, 1.82) is 0 Å². The lowest BCUT2D eigenvalue weighted by molar-refractivity contribution is -0.126. The van der Waals surface area contributed by atoms with Gasteiger partial charge >= 0.3 is 0 Å². The van der Waals surface area contributed by atoms with E-state index in [9.17, 15) is 18.4 Å². The van der Waals surface area contributed by atoms with Crippen molar-refractivity contribution in [3.05, 3.63) is 28.2 Å². The summed E-state index contributed by atoms with van der Waals surface area (Å²) in [5.74, 6) is -2.61. The molecule has 1 unspecified atom stereocenters. The number of hydrogen-bond acceptors (Lipinski definition) is 2. The van der Waals surface area contributed by atoms with Crippen molar-refractivity contribution >= 4 is 33.4 Å². The van der Waals surface area contributed by atoms with Crippen LogP contribution in [-0.2, 0) is 9.59 Å². The van der Waals surface area contributed by atoms with Crippen LogP contribution in [0.3, 0.4) is 0 Å². The Hall–Kier alpha value is -1.30. The molecule has 1 fully saturated rings. The topological polar surface area (TPSA) is 37.4 Å². The molecule has 20 heavy (non-hydrogen) atoms. The smallest absolute Gasteiger partial charge is 0.240 e. The van der Waals surface area contributed by atoms with E-state index in [0.29, 0.717) is 0 Å². The van der Waals surface area contributed by atoms with E-state index in [4.69, 9.17) is 0 Å². The molecule has 108 valence electrons. The molecule has 0 bridgehead atoms. The molecule has 2 rings (SSSR count). The van der Waals surface area contributed by atoms with Crippen LogP contribution in [0.5, 0.6) is 0 Å². The first-order chi connectivity index (χ1) is 9.18. The molecule has 1 aromatic carbocycles. The van der Waals surface area contributed by atoms with Crippen molar-refractivity contribution in [2.24, 2.45) is 11.3 Å². The fraction of sp³-hybridized carbons (Fsp3) is 0.429. The number of hydrogen-bond donors (Lipinski definition) is 0. The van der Waals surface area contributed by atoms with Gasteiger partial charge in [0.2, 0.25) is 11.8 Å². The van der Waals surface area contributed by atoms with Crippen molar-refractivity contribution in [2.45, 2.75) is 27.2 Å². The second kappa shape index (κ2) is 4.91. The van der Waals surface area contributed by atoms with Gasteiger partial charge in [-0.15, -0.1) is 0 Å². The maximum Gasteiger partial charge on any atom is 0.240 e. The zero-order valence-electron chi connectivity index (χ0n) is 11.3. The Morgan fingerprint density at radius 1 is 1.25 bits per heavy atom. The number of carbonyl (C=O) groups excluding carboxylic acids is 2. The zero-order valence-corrected chi connectivity index (χ0v) is 12.9. The lowest BCUT2D eigenvalue weighted by Gasteiger charge is -2.26. The Labute approximate surface area is 124 Å².